The normalized spacial score (nSPS) is 10.5. The Hall–Kier alpha value is -3.87. The zero-order chi connectivity index (χ0) is 25.4. The molecule has 0 spiro atoms. The van der Waals surface area contributed by atoms with Gasteiger partial charge in [0.15, 0.2) is 11.5 Å². The van der Waals surface area contributed by atoms with Crippen molar-refractivity contribution in [2.45, 2.75) is 34.6 Å². The van der Waals surface area contributed by atoms with Crippen molar-refractivity contribution >= 4 is 11.0 Å². The van der Waals surface area contributed by atoms with E-state index in [0.717, 1.165) is 5.57 Å². The first-order chi connectivity index (χ1) is 16.8. The Labute approximate surface area is 205 Å². The number of benzene rings is 2. The molecular weight excluding hydrogens is 448 g/mol. The highest BCUT2D eigenvalue weighted by molar-refractivity contribution is 5.89. The summed E-state index contributed by atoms with van der Waals surface area (Å²) < 4.78 is 34.6. The molecular formula is C28H32O7. The zero-order valence-electron chi connectivity index (χ0n) is 21.1. The monoisotopic (exact) mass is 480 g/mol. The van der Waals surface area contributed by atoms with E-state index in [4.69, 9.17) is 28.1 Å². The van der Waals surface area contributed by atoms with Gasteiger partial charge in [0.1, 0.15) is 35.7 Å². The van der Waals surface area contributed by atoms with Gasteiger partial charge in [-0.3, -0.25) is 4.79 Å². The largest absolute Gasteiger partial charge is 0.490 e. The van der Waals surface area contributed by atoms with Gasteiger partial charge in [0.25, 0.3) is 5.95 Å². The summed E-state index contributed by atoms with van der Waals surface area (Å²) in [5, 5.41) is 0.258. The van der Waals surface area contributed by atoms with Gasteiger partial charge in [0, 0.05) is 6.07 Å². The molecule has 0 saturated carbocycles. The van der Waals surface area contributed by atoms with E-state index in [1.165, 1.54) is 18.7 Å². The van der Waals surface area contributed by atoms with Crippen molar-refractivity contribution in [1.82, 2.24) is 0 Å². The molecule has 0 atom stereocenters. The lowest BCUT2D eigenvalue weighted by Gasteiger charge is -2.16. The Balaban J connectivity index is 1.94. The predicted molar refractivity (Wildman–Crippen MR) is 137 cm³/mol. The van der Waals surface area contributed by atoms with Crippen molar-refractivity contribution in [3.8, 4) is 34.7 Å². The van der Waals surface area contributed by atoms with E-state index < -0.39 is 0 Å². The molecule has 0 bridgehead atoms. The lowest BCUT2D eigenvalue weighted by molar-refractivity contribution is 0.289. The molecule has 2 aromatic carbocycles. The van der Waals surface area contributed by atoms with Gasteiger partial charge in [-0.05, 0) is 71.0 Å². The highest BCUT2D eigenvalue weighted by Crippen LogP contribution is 2.43. The van der Waals surface area contributed by atoms with E-state index in [1.54, 1.807) is 30.3 Å². The maximum atomic E-state index is 13.0. The van der Waals surface area contributed by atoms with E-state index >= 15 is 0 Å². The topological polar surface area (TPSA) is 76.4 Å². The second kappa shape index (κ2) is 12.0. The molecule has 186 valence electrons. The molecule has 0 aliphatic heterocycles. The SMILES string of the molecule is CCOc1c(OC)c(OCC=C(C)C)cc2oc(Oc3ccc(OCC=C(C)C)cc3)cc(=O)c12. The molecule has 0 saturated heterocycles. The van der Waals surface area contributed by atoms with Gasteiger partial charge < -0.3 is 28.1 Å². The zero-order valence-corrected chi connectivity index (χ0v) is 21.1. The van der Waals surface area contributed by atoms with Gasteiger partial charge in [-0.25, -0.2) is 0 Å². The number of hydrogen-bond acceptors (Lipinski definition) is 7. The molecule has 0 unspecified atom stereocenters. The first kappa shape index (κ1) is 25.7. The Morgan fingerprint density at radius 1 is 0.857 bits per heavy atom. The molecule has 7 heteroatoms. The first-order valence-corrected chi connectivity index (χ1v) is 11.4. The maximum Gasteiger partial charge on any atom is 0.294 e. The summed E-state index contributed by atoms with van der Waals surface area (Å²) in [5.74, 6) is 2.27. The van der Waals surface area contributed by atoms with Crippen molar-refractivity contribution in [2.75, 3.05) is 26.9 Å². The van der Waals surface area contributed by atoms with Gasteiger partial charge in [-0.2, -0.15) is 0 Å². The number of hydrogen-bond donors (Lipinski definition) is 0. The standard InChI is InChI=1S/C28H32O7/c1-7-31-28-26-22(29)16-25(34-21-10-8-20(9-11-21)32-14-12-18(2)3)35-23(26)17-24(27(28)30-6)33-15-13-19(4)5/h8-13,16-17H,7,14-15H2,1-6H3. The molecule has 0 amide bonds. The average Bonchev–Trinajstić information content (AvgIpc) is 2.79. The van der Waals surface area contributed by atoms with Crippen LogP contribution in [0.1, 0.15) is 34.6 Å². The van der Waals surface area contributed by atoms with Crippen LogP contribution in [0, 0.1) is 0 Å². The Morgan fingerprint density at radius 3 is 2.09 bits per heavy atom. The summed E-state index contributed by atoms with van der Waals surface area (Å²) in [5.41, 5.74) is 2.25. The van der Waals surface area contributed by atoms with Crippen LogP contribution in [0.2, 0.25) is 0 Å². The van der Waals surface area contributed by atoms with Crippen LogP contribution in [-0.4, -0.2) is 26.9 Å². The minimum absolute atomic E-state index is 0.0450. The third kappa shape index (κ3) is 6.82. The average molecular weight is 481 g/mol. The van der Waals surface area contributed by atoms with Crippen LogP contribution in [0.5, 0.6) is 34.7 Å². The first-order valence-electron chi connectivity index (χ1n) is 11.4. The maximum absolute atomic E-state index is 13.0. The van der Waals surface area contributed by atoms with Crippen LogP contribution in [0.4, 0.5) is 0 Å². The number of fused-ring (bicyclic) bond motifs is 1. The van der Waals surface area contributed by atoms with Crippen LogP contribution in [-0.2, 0) is 0 Å². The minimum Gasteiger partial charge on any atom is -0.490 e. The summed E-state index contributed by atoms with van der Waals surface area (Å²) in [7, 11) is 1.50. The van der Waals surface area contributed by atoms with Crippen molar-refractivity contribution < 1.29 is 28.1 Å². The number of ether oxygens (including phenoxy) is 5. The van der Waals surface area contributed by atoms with Crippen LogP contribution in [0.15, 0.2) is 68.9 Å². The molecule has 0 aliphatic carbocycles. The van der Waals surface area contributed by atoms with Crippen LogP contribution < -0.4 is 29.1 Å². The predicted octanol–water partition coefficient (Wildman–Crippen LogP) is 6.68. The van der Waals surface area contributed by atoms with Crippen LogP contribution in [0.25, 0.3) is 11.0 Å². The van der Waals surface area contributed by atoms with Crippen molar-refractivity contribution in [3.63, 3.8) is 0 Å². The van der Waals surface area contributed by atoms with E-state index in [-0.39, 0.29) is 28.1 Å². The number of rotatable bonds is 11. The molecule has 3 rings (SSSR count). The fraction of sp³-hybridized carbons (Fsp3) is 0.321. The fourth-order valence-electron chi connectivity index (χ4n) is 3.18. The summed E-state index contributed by atoms with van der Waals surface area (Å²) >= 11 is 0. The van der Waals surface area contributed by atoms with E-state index in [9.17, 15) is 4.79 Å². The van der Waals surface area contributed by atoms with E-state index in [1.807, 2.05) is 46.8 Å². The van der Waals surface area contributed by atoms with Gasteiger partial charge in [0.05, 0.1) is 19.8 Å². The smallest absolute Gasteiger partial charge is 0.294 e. The summed E-state index contributed by atoms with van der Waals surface area (Å²) in [4.78, 5) is 13.0. The highest BCUT2D eigenvalue weighted by Gasteiger charge is 2.22. The van der Waals surface area contributed by atoms with Crippen LogP contribution in [0.3, 0.4) is 0 Å². The molecule has 3 aromatic rings. The third-order valence-electron chi connectivity index (χ3n) is 4.88. The Morgan fingerprint density at radius 2 is 1.49 bits per heavy atom. The molecule has 0 aliphatic rings. The fourth-order valence-corrected chi connectivity index (χ4v) is 3.18. The summed E-state index contributed by atoms with van der Waals surface area (Å²) in [6.45, 7) is 11.0. The third-order valence-corrected chi connectivity index (χ3v) is 4.88. The molecule has 35 heavy (non-hydrogen) atoms. The van der Waals surface area contributed by atoms with Crippen molar-refractivity contribution in [1.29, 1.82) is 0 Å². The number of allylic oxidation sites excluding steroid dienone is 2. The lowest BCUT2D eigenvalue weighted by Crippen LogP contribution is -2.07. The van der Waals surface area contributed by atoms with Gasteiger partial charge in [-0.15, -0.1) is 0 Å². The molecule has 0 fully saturated rings. The second-order valence-electron chi connectivity index (χ2n) is 8.23. The van der Waals surface area contributed by atoms with E-state index in [2.05, 4.69) is 0 Å². The lowest BCUT2D eigenvalue weighted by atomic mass is 10.1. The second-order valence-corrected chi connectivity index (χ2v) is 8.23. The molecule has 0 N–H and O–H groups in total. The summed E-state index contributed by atoms with van der Waals surface area (Å²) in [6, 6.07) is 9.98. The Bertz CT molecular complexity index is 1260. The van der Waals surface area contributed by atoms with Gasteiger partial charge in [0.2, 0.25) is 11.2 Å². The van der Waals surface area contributed by atoms with E-state index in [0.29, 0.717) is 42.8 Å². The molecule has 0 radical (unpaired) electrons. The minimum atomic E-state index is -0.319. The van der Waals surface area contributed by atoms with Crippen molar-refractivity contribution in [3.05, 3.63) is 69.9 Å². The molecule has 7 nitrogen and oxygen atoms in total. The molecule has 1 aromatic heterocycles. The number of methoxy groups -OCH3 is 1. The van der Waals surface area contributed by atoms with Gasteiger partial charge in [-0.1, -0.05) is 11.1 Å². The van der Waals surface area contributed by atoms with Gasteiger partial charge >= 0.3 is 0 Å². The highest BCUT2D eigenvalue weighted by atomic mass is 16.6. The summed E-state index contributed by atoms with van der Waals surface area (Å²) in [6.07, 6.45) is 3.93. The Kier molecular flexibility index (Phi) is 8.84. The quantitative estimate of drug-likeness (QED) is 0.283. The van der Waals surface area contributed by atoms with Crippen LogP contribution >= 0.6 is 0 Å². The van der Waals surface area contributed by atoms with Crippen molar-refractivity contribution in [2.24, 2.45) is 0 Å². The molecule has 1 heterocycles.